The topological polar surface area (TPSA) is 62.5 Å². The number of para-hydroxylation sites is 1. The minimum atomic E-state index is -1.04. The first kappa shape index (κ1) is 14.2. The van der Waals surface area contributed by atoms with Gasteiger partial charge in [-0.25, -0.2) is 4.79 Å². The van der Waals surface area contributed by atoms with E-state index in [1.54, 1.807) is 13.0 Å². The Hall–Kier alpha value is -2.23. The molecular weight excluding hydrogens is 254 g/mol. The van der Waals surface area contributed by atoms with Gasteiger partial charge in [-0.15, -0.1) is 0 Å². The monoisotopic (exact) mass is 273 g/mol. The molecule has 106 valence electrons. The van der Waals surface area contributed by atoms with E-state index in [0.29, 0.717) is 18.2 Å². The van der Waals surface area contributed by atoms with Crippen molar-refractivity contribution in [1.29, 1.82) is 0 Å². The van der Waals surface area contributed by atoms with Gasteiger partial charge in [-0.05, 0) is 30.5 Å². The predicted octanol–water partition coefficient (Wildman–Crippen LogP) is 4.02. The second kappa shape index (κ2) is 5.82. The zero-order valence-electron chi connectivity index (χ0n) is 11.9. The van der Waals surface area contributed by atoms with E-state index in [-0.39, 0.29) is 5.76 Å². The molecule has 0 fully saturated rings. The first-order valence-electron chi connectivity index (χ1n) is 6.64. The maximum atomic E-state index is 10.9. The van der Waals surface area contributed by atoms with E-state index in [4.69, 9.17) is 9.52 Å². The zero-order chi connectivity index (χ0) is 14.7. The molecule has 0 aliphatic heterocycles. The number of furan rings is 1. The summed E-state index contributed by atoms with van der Waals surface area (Å²) < 4.78 is 5.20. The third kappa shape index (κ3) is 3.02. The minimum absolute atomic E-state index is 0.0172. The van der Waals surface area contributed by atoms with Gasteiger partial charge in [0, 0.05) is 17.8 Å². The number of aryl methyl sites for hydroxylation is 1. The second-order valence-corrected chi connectivity index (χ2v) is 5.09. The average molecular weight is 273 g/mol. The number of nitrogens with one attached hydrogen (secondary N) is 1. The maximum absolute atomic E-state index is 10.9. The number of hydrogen-bond acceptors (Lipinski definition) is 3. The Bertz CT molecular complexity index is 614. The summed E-state index contributed by atoms with van der Waals surface area (Å²) in [7, 11) is 0. The third-order valence-electron chi connectivity index (χ3n) is 3.28. The van der Waals surface area contributed by atoms with Gasteiger partial charge in [-0.3, -0.25) is 0 Å². The van der Waals surface area contributed by atoms with Crippen LogP contribution in [-0.2, 0) is 6.54 Å². The fourth-order valence-electron chi connectivity index (χ4n) is 2.15. The van der Waals surface area contributed by atoms with Crippen molar-refractivity contribution in [3.8, 4) is 0 Å². The van der Waals surface area contributed by atoms with Crippen molar-refractivity contribution in [2.75, 3.05) is 5.32 Å². The molecule has 0 aliphatic carbocycles. The molecule has 20 heavy (non-hydrogen) atoms. The van der Waals surface area contributed by atoms with E-state index in [1.165, 1.54) is 5.56 Å². The number of benzene rings is 1. The Labute approximate surface area is 118 Å². The summed E-state index contributed by atoms with van der Waals surface area (Å²) in [6.45, 7) is 6.61. The molecule has 2 N–H and O–H groups in total. The van der Waals surface area contributed by atoms with E-state index in [9.17, 15) is 4.79 Å². The smallest absolute Gasteiger partial charge is 0.371 e. The fraction of sp³-hybridized carbons (Fsp3) is 0.312. The summed E-state index contributed by atoms with van der Waals surface area (Å²) >= 11 is 0. The average Bonchev–Trinajstić information content (AvgIpc) is 2.78. The van der Waals surface area contributed by atoms with Crippen molar-refractivity contribution in [1.82, 2.24) is 0 Å². The van der Waals surface area contributed by atoms with Crippen LogP contribution in [0.4, 0.5) is 5.69 Å². The van der Waals surface area contributed by atoms with Crippen LogP contribution in [-0.4, -0.2) is 11.1 Å². The van der Waals surface area contributed by atoms with Gasteiger partial charge in [0.2, 0.25) is 5.76 Å². The van der Waals surface area contributed by atoms with Crippen molar-refractivity contribution in [2.24, 2.45) is 0 Å². The van der Waals surface area contributed by atoms with E-state index < -0.39 is 5.97 Å². The van der Waals surface area contributed by atoms with Crippen LogP contribution in [0.5, 0.6) is 0 Å². The lowest BCUT2D eigenvalue weighted by atomic mass is 10.0. The molecule has 4 nitrogen and oxygen atoms in total. The van der Waals surface area contributed by atoms with Crippen LogP contribution in [0.2, 0.25) is 0 Å². The van der Waals surface area contributed by atoms with Crippen molar-refractivity contribution >= 4 is 11.7 Å². The quantitative estimate of drug-likeness (QED) is 0.863. The van der Waals surface area contributed by atoms with Crippen LogP contribution in [0.15, 0.2) is 34.7 Å². The van der Waals surface area contributed by atoms with Crippen molar-refractivity contribution in [2.45, 2.75) is 33.2 Å². The summed E-state index contributed by atoms with van der Waals surface area (Å²) in [6, 6.07) is 9.70. The highest BCUT2D eigenvalue weighted by Crippen LogP contribution is 2.25. The molecule has 0 atom stereocenters. The van der Waals surface area contributed by atoms with Crippen LogP contribution in [0.25, 0.3) is 0 Å². The second-order valence-electron chi connectivity index (χ2n) is 5.09. The largest absolute Gasteiger partial charge is 0.475 e. The molecule has 1 aromatic carbocycles. The van der Waals surface area contributed by atoms with E-state index in [1.807, 2.05) is 18.2 Å². The predicted molar refractivity (Wildman–Crippen MR) is 78.3 cm³/mol. The Morgan fingerprint density at radius 2 is 2.05 bits per heavy atom. The fourth-order valence-corrected chi connectivity index (χ4v) is 2.15. The number of carboxylic acid groups (broad SMARTS) is 1. The molecule has 2 rings (SSSR count). The van der Waals surface area contributed by atoms with Crippen molar-refractivity contribution in [3.05, 3.63) is 53.0 Å². The molecule has 2 aromatic rings. The lowest BCUT2D eigenvalue weighted by Gasteiger charge is -2.14. The molecule has 0 saturated heterocycles. The number of carbonyl (C=O) groups is 1. The zero-order valence-corrected chi connectivity index (χ0v) is 11.9. The molecule has 1 heterocycles. The molecule has 0 spiro atoms. The van der Waals surface area contributed by atoms with E-state index in [0.717, 1.165) is 11.3 Å². The maximum Gasteiger partial charge on any atom is 0.371 e. The molecule has 0 amide bonds. The summed E-state index contributed by atoms with van der Waals surface area (Å²) in [5.41, 5.74) is 3.17. The van der Waals surface area contributed by atoms with Gasteiger partial charge in [0.25, 0.3) is 0 Å². The molecule has 0 bridgehead atoms. The van der Waals surface area contributed by atoms with Crippen LogP contribution in [0.3, 0.4) is 0 Å². The van der Waals surface area contributed by atoms with Gasteiger partial charge in [0.1, 0.15) is 5.76 Å². The molecule has 0 saturated carbocycles. The Balaban J connectivity index is 2.15. The highest BCUT2D eigenvalue weighted by Gasteiger charge is 2.13. The van der Waals surface area contributed by atoms with Crippen LogP contribution in [0, 0.1) is 6.92 Å². The van der Waals surface area contributed by atoms with Gasteiger partial charge < -0.3 is 14.8 Å². The SMILES string of the molecule is Cc1oc(C(=O)O)cc1CNc1ccccc1C(C)C. The lowest BCUT2D eigenvalue weighted by Crippen LogP contribution is -2.03. The number of anilines is 1. The molecule has 1 aromatic heterocycles. The molecule has 0 aliphatic rings. The van der Waals surface area contributed by atoms with E-state index >= 15 is 0 Å². The summed E-state index contributed by atoms with van der Waals surface area (Å²) in [5, 5.41) is 12.3. The van der Waals surface area contributed by atoms with Gasteiger partial charge >= 0.3 is 5.97 Å². The third-order valence-corrected chi connectivity index (χ3v) is 3.28. The Morgan fingerprint density at radius 3 is 2.65 bits per heavy atom. The highest BCUT2D eigenvalue weighted by molar-refractivity contribution is 5.84. The van der Waals surface area contributed by atoms with Crippen LogP contribution in [0.1, 0.15) is 47.2 Å². The van der Waals surface area contributed by atoms with Crippen LogP contribution >= 0.6 is 0 Å². The van der Waals surface area contributed by atoms with Crippen LogP contribution < -0.4 is 5.32 Å². The molecule has 4 heteroatoms. The summed E-state index contributed by atoms with van der Waals surface area (Å²) in [5.74, 6) is 0.00836. The summed E-state index contributed by atoms with van der Waals surface area (Å²) in [6.07, 6.45) is 0. The van der Waals surface area contributed by atoms with Crippen molar-refractivity contribution in [3.63, 3.8) is 0 Å². The van der Waals surface area contributed by atoms with E-state index in [2.05, 4.69) is 25.2 Å². The number of carboxylic acids is 1. The first-order valence-corrected chi connectivity index (χ1v) is 6.64. The standard InChI is InChI=1S/C16H19NO3/c1-10(2)13-6-4-5-7-14(13)17-9-12-8-15(16(18)19)20-11(12)3/h4-8,10,17H,9H2,1-3H3,(H,18,19). The number of aromatic carboxylic acids is 1. The van der Waals surface area contributed by atoms with Gasteiger partial charge in [0.05, 0.1) is 0 Å². The number of rotatable bonds is 5. The first-order chi connectivity index (χ1) is 9.49. The Kier molecular flexibility index (Phi) is 4.13. The highest BCUT2D eigenvalue weighted by atomic mass is 16.4. The molecular formula is C16H19NO3. The Morgan fingerprint density at radius 1 is 1.35 bits per heavy atom. The normalized spacial score (nSPS) is 10.8. The summed E-state index contributed by atoms with van der Waals surface area (Å²) in [4.78, 5) is 10.9. The number of hydrogen-bond donors (Lipinski definition) is 2. The molecule has 0 radical (unpaired) electrons. The van der Waals surface area contributed by atoms with Gasteiger partial charge in [-0.1, -0.05) is 32.0 Å². The lowest BCUT2D eigenvalue weighted by molar-refractivity contribution is 0.0661. The van der Waals surface area contributed by atoms with Gasteiger partial charge in [0.15, 0.2) is 0 Å². The van der Waals surface area contributed by atoms with Gasteiger partial charge in [-0.2, -0.15) is 0 Å². The van der Waals surface area contributed by atoms with Crippen molar-refractivity contribution < 1.29 is 14.3 Å². The molecule has 0 unspecified atom stereocenters. The minimum Gasteiger partial charge on any atom is -0.475 e.